The van der Waals surface area contributed by atoms with Gasteiger partial charge in [-0.3, -0.25) is 0 Å². The summed E-state index contributed by atoms with van der Waals surface area (Å²) in [6.07, 6.45) is 2.37. The normalized spacial score (nSPS) is 44.7. The average Bonchev–Trinajstić information content (AvgIpc) is 2.25. The maximum Gasteiger partial charge on any atom is 0.173 e. The van der Waals surface area contributed by atoms with Crippen LogP contribution in [0, 0.1) is 0 Å². The molecule has 1 unspecified atom stereocenters. The lowest BCUT2D eigenvalue weighted by molar-refractivity contribution is -0.0942. The summed E-state index contributed by atoms with van der Waals surface area (Å²) >= 11 is 0. The predicted molar refractivity (Wildman–Crippen MR) is 39.1 cm³/mol. The number of fused-ring (bicyclic) bond motifs is 2. The van der Waals surface area contributed by atoms with Gasteiger partial charge < -0.3 is 15.2 Å². The van der Waals surface area contributed by atoms with Crippen LogP contribution in [0.4, 0.5) is 0 Å². The van der Waals surface area contributed by atoms with Gasteiger partial charge in [-0.25, -0.2) is 0 Å². The zero-order valence-corrected chi connectivity index (χ0v) is 6.47. The molecule has 2 heterocycles. The van der Waals surface area contributed by atoms with E-state index >= 15 is 0 Å². The Bertz CT molecular complexity index is 122. The largest absolute Gasteiger partial charge is 0.348 e. The van der Waals surface area contributed by atoms with Gasteiger partial charge in [-0.2, -0.15) is 0 Å². The van der Waals surface area contributed by atoms with Crippen LogP contribution in [0.15, 0.2) is 0 Å². The Morgan fingerprint density at radius 1 is 1.30 bits per heavy atom. The summed E-state index contributed by atoms with van der Waals surface area (Å²) in [5.74, 6) is 0. The molecule has 3 nitrogen and oxygen atoms in total. The Hall–Kier alpha value is 0.170. The SMILES string of the molecule is Cl.NC1CC[C@H]2CO[C@@H]1O2. The number of halogens is 1. The zero-order valence-electron chi connectivity index (χ0n) is 5.66. The van der Waals surface area contributed by atoms with E-state index in [-0.39, 0.29) is 24.7 Å². The molecule has 2 N–H and O–H groups in total. The zero-order chi connectivity index (χ0) is 6.27. The van der Waals surface area contributed by atoms with Gasteiger partial charge in [-0.05, 0) is 12.8 Å². The second-order valence-electron chi connectivity index (χ2n) is 2.70. The van der Waals surface area contributed by atoms with E-state index in [1.54, 1.807) is 0 Å². The highest BCUT2D eigenvalue weighted by Crippen LogP contribution is 2.25. The minimum atomic E-state index is -0.0938. The first-order valence-corrected chi connectivity index (χ1v) is 3.39. The maximum absolute atomic E-state index is 5.67. The Balaban J connectivity index is 0.000000500. The summed E-state index contributed by atoms with van der Waals surface area (Å²) in [6.45, 7) is 0.748. The first kappa shape index (κ1) is 8.27. The number of hydrogen-bond acceptors (Lipinski definition) is 3. The molecule has 10 heavy (non-hydrogen) atoms. The third kappa shape index (κ3) is 1.27. The molecule has 2 saturated heterocycles. The summed E-state index contributed by atoms with van der Waals surface area (Å²) in [5.41, 5.74) is 5.67. The van der Waals surface area contributed by atoms with Crippen molar-refractivity contribution in [3.8, 4) is 0 Å². The highest BCUT2D eigenvalue weighted by atomic mass is 35.5. The first-order chi connectivity index (χ1) is 4.36. The third-order valence-electron chi connectivity index (χ3n) is 1.94. The molecule has 2 bridgehead atoms. The minimum absolute atomic E-state index is 0. The fourth-order valence-corrected chi connectivity index (χ4v) is 1.36. The second-order valence-corrected chi connectivity index (χ2v) is 2.70. The van der Waals surface area contributed by atoms with Gasteiger partial charge in [-0.15, -0.1) is 12.4 Å². The van der Waals surface area contributed by atoms with Gasteiger partial charge in [0.15, 0.2) is 6.29 Å². The predicted octanol–water partition coefficient (Wildman–Crippen LogP) is 0.271. The Labute approximate surface area is 66.3 Å². The molecule has 0 aliphatic carbocycles. The van der Waals surface area contributed by atoms with Crippen molar-refractivity contribution in [1.29, 1.82) is 0 Å². The number of ether oxygens (including phenoxy) is 2. The van der Waals surface area contributed by atoms with Crippen molar-refractivity contribution in [2.75, 3.05) is 6.61 Å². The molecule has 0 aromatic carbocycles. The van der Waals surface area contributed by atoms with Gasteiger partial charge in [-0.1, -0.05) is 0 Å². The van der Waals surface area contributed by atoms with E-state index in [1.165, 1.54) is 0 Å². The van der Waals surface area contributed by atoms with E-state index in [0.717, 1.165) is 19.4 Å². The molecule has 0 amide bonds. The summed E-state index contributed by atoms with van der Waals surface area (Å²) in [6, 6.07) is 0.115. The van der Waals surface area contributed by atoms with Crippen molar-refractivity contribution in [2.24, 2.45) is 5.73 Å². The summed E-state index contributed by atoms with van der Waals surface area (Å²) < 4.78 is 10.6. The van der Waals surface area contributed by atoms with Gasteiger partial charge in [0.1, 0.15) is 0 Å². The van der Waals surface area contributed by atoms with E-state index in [9.17, 15) is 0 Å². The summed E-state index contributed by atoms with van der Waals surface area (Å²) in [4.78, 5) is 0. The molecule has 0 spiro atoms. The fraction of sp³-hybridized carbons (Fsp3) is 1.00. The molecule has 2 aliphatic rings. The van der Waals surface area contributed by atoms with Crippen LogP contribution in [0.1, 0.15) is 12.8 Å². The van der Waals surface area contributed by atoms with E-state index in [4.69, 9.17) is 15.2 Å². The minimum Gasteiger partial charge on any atom is -0.348 e. The van der Waals surface area contributed by atoms with Crippen LogP contribution in [0.2, 0.25) is 0 Å². The van der Waals surface area contributed by atoms with E-state index in [1.807, 2.05) is 0 Å². The number of rotatable bonds is 0. The highest BCUT2D eigenvalue weighted by Gasteiger charge is 2.35. The van der Waals surface area contributed by atoms with E-state index in [0.29, 0.717) is 6.10 Å². The molecular formula is C6H12ClNO2. The van der Waals surface area contributed by atoms with Crippen LogP contribution in [0.25, 0.3) is 0 Å². The molecule has 0 aromatic rings. The Kier molecular flexibility index (Phi) is 2.52. The van der Waals surface area contributed by atoms with Crippen molar-refractivity contribution in [3.63, 3.8) is 0 Å². The quantitative estimate of drug-likeness (QED) is 0.561. The first-order valence-electron chi connectivity index (χ1n) is 3.39. The van der Waals surface area contributed by atoms with Crippen LogP contribution in [0.5, 0.6) is 0 Å². The lowest BCUT2D eigenvalue weighted by Crippen LogP contribution is -2.39. The van der Waals surface area contributed by atoms with Gasteiger partial charge in [0.25, 0.3) is 0 Å². The third-order valence-corrected chi connectivity index (χ3v) is 1.94. The average molecular weight is 166 g/mol. The molecule has 60 valence electrons. The Morgan fingerprint density at radius 2 is 2.10 bits per heavy atom. The standard InChI is InChI=1S/C6H11NO2.ClH/c7-5-2-1-4-3-8-6(5)9-4;/h4-6H,1-3,7H2;1H/t4-,5?,6+;/m0./s1. The lowest BCUT2D eigenvalue weighted by atomic mass is 10.1. The fourth-order valence-electron chi connectivity index (χ4n) is 1.36. The van der Waals surface area contributed by atoms with Crippen LogP contribution < -0.4 is 5.73 Å². The molecule has 3 atom stereocenters. The van der Waals surface area contributed by atoms with Crippen LogP contribution in [-0.2, 0) is 9.47 Å². The van der Waals surface area contributed by atoms with Crippen molar-refractivity contribution < 1.29 is 9.47 Å². The molecule has 2 rings (SSSR count). The number of hydrogen-bond donors (Lipinski definition) is 1. The molecule has 4 heteroatoms. The van der Waals surface area contributed by atoms with Gasteiger partial charge in [0.05, 0.1) is 18.8 Å². The summed E-state index contributed by atoms with van der Waals surface area (Å²) in [7, 11) is 0. The topological polar surface area (TPSA) is 44.5 Å². The smallest absolute Gasteiger partial charge is 0.173 e. The molecule has 0 aromatic heterocycles. The van der Waals surface area contributed by atoms with Crippen molar-refractivity contribution in [2.45, 2.75) is 31.3 Å². The van der Waals surface area contributed by atoms with E-state index < -0.39 is 0 Å². The van der Waals surface area contributed by atoms with Crippen molar-refractivity contribution in [3.05, 3.63) is 0 Å². The van der Waals surface area contributed by atoms with Crippen LogP contribution in [0.3, 0.4) is 0 Å². The molecular weight excluding hydrogens is 154 g/mol. The number of nitrogens with two attached hydrogens (primary N) is 1. The van der Waals surface area contributed by atoms with Gasteiger partial charge in [0, 0.05) is 0 Å². The van der Waals surface area contributed by atoms with Crippen LogP contribution >= 0.6 is 12.4 Å². The van der Waals surface area contributed by atoms with E-state index in [2.05, 4.69) is 0 Å². The summed E-state index contributed by atoms with van der Waals surface area (Å²) in [5, 5.41) is 0. The molecule has 0 radical (unpaired) electrons. The highest BCUT2D eigenvalue weighted by molar-refractivity contribution is 5.85. The molecule has 2 fully saturated rings. The van der Waals surface area contributed by atoms with Gasteiger partial charge >= 0.3 is 0 Å². The second kappa shape index (κ2) is 3.05. The molecule has 2 aliphatic heterocycles. The van der Waals surface area contributed by atoms with Gasteiger partial charge in [0.2, 0.25) is 0 Å². The van der Waals surface area contributed by atoms with Crippen molar-refractivity contribution >= 4 is 12.4 Å². The Morgan fingerprint density at radius 3 is 2.80 bits per heavy atom. The lowest BCUT2D eigenvalue weighted by Gasteiger charge is -2.23. The van der Waals surface area contributed by atoms with Crippen LogP contribution in [-0.4, -0.2) is 25.0 Å². The monoisotopic (exact) mass is 165 g/mol. The molecule has 0 saturated carbocycles. The maximum atomic E-state index is 5.67. The van der Waals surface area contributed by atoms with Crippen molar-refractivity contribution in [1.82, 2.24) is 0 Å².